The number of amides is 1. The van der Waals surface area contributed by atoms with E-state index in [0.717, 1.165) is 11.1 Å². The number of nitrogens with one attached hydrogen (secondary N) is 1. The van der Waals surface area contributed by atoms with E-state index in [9.17, 15) is 9.59 Å². The van der Waals surface area contributed by atoms with Gasteiger partial charge in [0.2, 0.25) is 0 Å². The number of carboxylic acid groups (broad SMARTS) is 1. The first-order valence-electron chi connectivity index (χ1n) is 11.1. The van der Waals surface area contributed by atoms with E-state index in [1.54, 1.807) is 0 Å². The number of aromatic carboxylic acids is 1. The number of carbonyl (C=O) groups is 2. The molecule has 2 aromatic carbocycles. The molecule has 1 saturated heterocycles. The first-order chi connectivity index (χ1) is 16.6. The summed E-state index contributed by atoms with van der Waals surface area (Å²) in [6.45, 7) is 2.09. The van der Waals surface area contributed by atoms with Crippen LogP contribution in [0.4, 0.5) is 10.6 Å². The van der Waals surface area contributed by atoms with Gasteiger partial charge in [-0.1, -0.05) is 48.5 Å². The molecule has 0 bridgehead atoms. The van der Waals surface area contributed by atoms with Crippen LogP contribution in [0.3, 0.4) is 0 Å². The van der Waals surface area contributed by atoms with Crippen molar-refractivity contribution in [1.29, 1.82) is 0 Å². The number of ether oxygens (including phenoxy) is 2. The van der Waals surface area contributed by atoms with Gasteiger partial charge in [-0.25, -0.2) is 19.6 Å². The molecule has 9 heteroatoms. The maximum Gasteiger partial charge on any atom is 0.407 e. The van der Waals surface area contributed by atoms with Crippen molar-refractivity contribution in [3.8, 4) is 11.1 Å². The van der Waals surface area contributed by atoms with Crippen LogP contribution in [-0.4, -0.2) is 66.1 Å². The minimum atomic E-state index is -1.12. The molecular weight excluding hydrogens is 436 g/mol. The number of anilines is 1. The van der Waals surface area contributed by atoms with Gasteiger partial charge in [0.05, 0.1) is 25.1 Å². The Morgan fingerprint density at radius 1 is 1.06 bits per heavy atom. The quantitative estimate of drug-likeness (QED) is 0.577. The minimum absolute atomic E-state index is 0.00641. The Morgan fingerprint density at radius 3 is 2.41 bits per heavy atom. The van der Waals surface area contributed by atoms with E-state index in [0.29, 0.717) is 25.5 Å². The fourth-order valence-electron chi connectivity index (χ4n) is 4.49. The molecule has 9 nitrogen and oxygen atoms in total. The zero-order valence-corrected chi connectivity index (χ0v) is 18.4. The third-order valence-electron chi connectivity index (χ3n) is 6.14. The fourth-order valence-corrected chi connectivity index (χ4v) is 4.49. The number of hydrogen-bond donors (Lipinski definition) is 2. The van der Waals surface area contributed by atoms with Crippen LogP contribution in [0.5, 0.6) is 0 Å². The molecule has 1 atom stereocenters. The number of carbonyl (C=O) groups excluding carboxylic acids is 1. The molecule has 1 aliphatic heterocycles. The number of benzene rings is 2. The second kappa shape index (κ2) is 9.48. The summed E-state index contributed by atoms with van der Waals surface area (Å²) in [6, 6.07) is 16.4. The molecule has 0 saturated carbocycles. The lowest BCUT2D eigenvalue weighted by Gasteiger charge is -2.33. The average Bonchev–Trinajstić information content (AvgIpc) is 3.20. The third-order valence-corrected chi connectivity index (χ3v) is 6.14. The lowest BCUT2D eigenvalue weighted by atomic mass is 9.98. The highest BCUT2D eigenvalue weighted by atomic mass is 16.5. The number of aromatic nitrogens is 2. The van der Waals surface area contributed by atoms with E-state index < -0.39 is 12.1 Å². The Labute approximate surface area is 196 Å². The maximum absolute atomic E-state index is 12.4. The lowest BCUT2D eigenvalue weighted by Crippen LogP contribution is -2.48. The normalized spacial score (nSPS) is 17.1. The van der Waals surface area contributed by atoms with Crippen molar-refractivity contribution in [2.75, 3.05) is 37.7 Å². The van der Waals surface area contributed by atoms with Crippen molar-refractivity contribution >= 4 is 17.9 Å². The summed E-state index contributed by atoms with van der Waals surface area (Å²) in [6.07, 6.45) is 1.92. The molecule has 1 amide bonds. The number of rotatable bonds is 6. The molecule has 1 fully saturated rings. The van der Waals surface area contributed by atoms with Gasteiger partial charge in [-0.3, -0.25) is 0 Å². The van der Waals surface area contributed by atoms with Crippen molar-refractivity contribution in [3.05, 3.63) is 77.7 Å². The molecule has 2 N–H and O–H groups in total. The van der Waals surface area contributed by atoms with Crippen LogP contribution in [0.25, 0.3) is 11.1 Å². The van der Waals surface area contributed by atoms with Crippen molar-refractivity contribution in [2.24, 2.45) is 0 Å². The van der Waals surface area contributed by atoms with Crippen LogP contribution in [0.1, 0.15) is 27.5 Å². The second-order valence-corrected chi connectivity index (χ2v) is 8.21. The van der Waals surface area contributed by atoms with Gasteiger partial charge >= 0.3 is 12.1 Å². The highest BCUT2D eigenvalue weighted by Crippen LogP contribution is 2.44. The molecule has 2 aliphatic rings. The highest BCUT2D eigenvalue weighted by molar-refractivity contribution is 5.85. The molecule has 174 valence electrons. The molecule has 2 heterocycles. The number of alkyl carbamates (subject to hydrolysis) is 1. The lowest BCUT2D eigenvalue weighted by molar-refractivity contribution is 0.0392. The summed E-state index contributed by atoms with van der Waals surface area (Å²) in [7, 11) is 0. The molecule has 5 rings (SSSR count). The molecule has 3 aromatic rings. The number of morpholine rings is 1. The fraction of sp³-hybridized carbons (Fsp3) is 0.280. The standard InChI is InChI=1S/C25H24N4O5/c30-24(31)22-12-27-23(13-26-22)29-9-10-33-16(14-29)11-28-25(32)34-15-21-19-7-3-1-5-17(19)18-6-2-4-8-20(18)21/h1-8,12-13,16,21H,9-11,14-15H2,(H,28,32)(H,30,31). The van der Waals surface area contributed by atoms with Gasteiger partial charge in [0.25, 0.3) is 0 Å². The van der Waals surface area contributed by atoms with Crippen LogP contribution in [0.15, 0.2) is 60.9 Å². The Balaban J connectivity index is 1.14. The van der Waals surface area contributed by atoms with Crippen LogP contribution < -0.4 is 10.2 Å². The largest absolute Gasteiger partial charge is 0.476 e. The van der Waals surface area contributed by atoms with E-state index in [1.165, 1.54) is 23.5 Å². The first-order valence-corrected chi connectivity index (χ1v) is 11.1. The van der Waals surface area contributed by atoms with E-state index in [1.807, 2.05) is 29.2 Å². The van der Waals surface area contributed by atoms with Gasteiger partial charge in [-0.05, 0) is 22.3 Å². The highest BCUT2D eigenvalue weighted by Gasteiger charge is 2.29. The molecule has 1 unspecified atom stereocenters. The summed E-state index contributed by atoms with van der Waals surface area (Å²) in [5.41, 5.74) is 4.59. The monoisotopic (exact) mass is 460 g/mol. The predicted octanol–water partition coefficient (Wildman–Crippen LogP) is 2.92. The van der Waals surface area contributed by atoms with Crippen LogP contribution >= 0.6 is 0 Å². The van der Waals surface area contributed by atoms with Gasteiger partial charge < -0.3 is 24.8 Å². The molecule has 0 spiro atoms. The van der Waals surface area contributed by atoms with Crippen molar-refractivity contribution in [3.63, 3.8) is 0 Å². The third kappa shape index (κ3) is 4.42. The van der Waals surface area contributed by atoms with Crippen LogP contribution in [-0.2, 0) is 9.47 Å². The van der Waals surface area contributed by atoms with Crippen molar-refractivity contribution in [2.45, 2.75) is 12.0 Å². The van der Waals surface area contributed by atoms with Crippen molar-refractivity contribution in [1.82, 2.24) is 15.3 Å². The topological polar surface area (TPSA) is 114 Å². The van der Waals surface area contributed by atoms with Gasteiger partial charge in [0.1, 0.15) is 12.4 Å². The Kier molecular flexibility index (Phi) is 6.09. The Bertz CT molecular complexity index is 1150. The van der Waals surface area contributed by atoms with E-state index in [2.05, 4.69) is 39.6 Å². The average molecular weight is 460 g/mol. The van der Waals surface area contributed by atoms with E-state index in [-0.39, 0.29) is 30.9 Å². The molecule has 1 aromatic heterocycles. The molecular formula is C25H24N4O5. The second-order valence-electron chi connectivity index (χ2n) is 8.21. The van der Waals surface area contributed by atoms with Gasteiger partial charge in [-0.15, -0.1) is 0 Å². The van der Waals surface area contributed by atoms with Crippen LogP contribution in [0, 0.1) is 0 Å². The predicted molar refractivity (Wildman–Crippen MR) is 124 cm³/mol. The van der Waals surface area contributed by atoms with Gasteiger partial charge in [0.15, 0.2) is 5.69 Å². The summed E-state index contributed by atoms with van der Waals surface area (Å²) in [4.78, 5) is 33.4. The SMILES string of the molecule is O=C(NCC1CN(c2cnc(C(=O)O)cn2)CCO1)OCC1c2ccccc2-c2ccccc21. The summed E-state index contributed by atoms with van der Waals surface area (Å²) < 4.78 is 11.3. The zero-order chi connectivity index (χ0) is 23.5. The number of nitrogens with zero attached hydrogens (tertiary/aromatic N) is 3. The molecule has 34 heavy (non-hydrogen) atoms. The summed E-state index contributed by atoms with van der Waals surface area (Å²) >= 11 is 0. The van der Waals surface area contributed by atoms with Crippen LogP contribution in [0.2, 0.25) is 0 Å². The minimum Gasteiger partial charge on any atom is -0.476 e. The molecule has 0 radical (unpaired) electrons. The first kappa shape index (κ1) is 21.8. The Morgan fingerprint density at radius 2 is 1.76 bits per heavy atom. The van der Waals surface area contributed by atoms with Crippen molar-refractivity contribution < 1.29 is 24.2 Å². The number of carboxylic acids is 1. The van der Waals surface area contributed by atoms with Gasteiger partial charge in [0, 0.05) is 25.6 Å². The summed E-state index contributed by atoms with van der Waals surface area (Å²) in [5.74, 6) is -0.544. The van der Waals surface area contributed by atoms with Gasteiger partial charge in [-0.2, -0.15) is 0 Å². The zero-order valence-electron chi connectivity index (χ0n) is 18.4. The Hall–Kier alpha value is -3.98. The smallest absolute Gasteiger partial charge is 0.407 e. The van der Waals surface area contributed by atoms with E-state index >= 15 is 0 Å². The van der Waals surface area contributed by atoms with E-state index in [4.69, 9.17) is 14.6 Å². The maximum atomic E-state index is 12.4. The summed E-state index contributed by atoms with van der Waals surface area (Å²) in [5, 5.41) is 11.8. The molecule has 1 aliphatic carbocycles. The number of hydrogen-bond acceptors (Lipinski definition) is 7. The number of fused-ring (bicyclic) bond motifs is 3.